The van der Waals surface area contributed by atoms with E-state index in [1.54, 1.807) is 4.90 Å². The predicted molar refractivity (Wildman–Crippen MR) is 111 cm³/mol. The zero-order chi connectivity index (χ0) is 19.1. The molecule has 1 amide bonds. The molecule has 26 heavy (non-hydrogen) atoms. The molecule has 0 aliphatic heterocycles. The van der Waals surface area contributed by atoms with Gasteiger partial charge in [-0.15, -0.1) is 0 Å². The molecule has 0 heterocycles. The fourth-order valence-corrected chi connectivity index (χ4v) is 4.93. The summed E-state index contributed by atoms with van der Waals surface area (Å²) in [6.45, 7) is 7.15. The Bertz CT molecular complexity index is 635. The van der Waals surface area contributed by atoms with E-state index in [-0.39, 0.29) is 5.91 Å². The van der Waals surface area contributed by atoms with Gasteiger partial charge in [-0.2, -0.15) is 17.0 Å². The van der Waals surface area contributed by atoms with E-state index in [0.29, 0.717) is 25.6 Å². The first-order chi connectivity index (χ1) is 12.4. The first-order valence-electron chi connectivity index (χ1n) is 9.52. The van der Waals surface area contributed by atoms with Crippen molar-refractivity contribution in [1.29, 1.82) is 5.26 Å². The van der Waals surface area contributed by atoms with E-state index in [9.17, 15) is 4.79 Å². The van der Waals surface area contributed by atoms with Crippen LogP contribution in [-0.2, 0) is 4.79 Å². The molecular weight excluding hydrogens is 342 g/mol. The number of carbonyl (C=O) groups excluding carboxylic acids is 1. The Labute approximate surface area is 162 Å². The van der Waals surface area contributed by atoms with E-state index >= 15 is 0 Å². The van der Waals surface area contributed by atoms with Crippen molar-refractivity contribution in [2.45, 2.75) is 57.7 Å². The fraction of sp³-hybridized carbons (Fsp3) is 0.619. The lowest BCUT2D eigenvalue weighted by atomic mass is 10.1. The van der Waals surface area contributed by atoms with Gasteiger partial charge in [-0.25, -0.2) is 0 Å². The molecule has 0 radical (unpaired) electrons. The fourth-order valence-electron chi connectivity index (χ4n) is 3.80. The molecule has 1 aromatic carbocycles. The summed E-state index contributed by atoms with van der Waals surface area (Å²) in [5, 5.41) is 9.72. The smallest absolute Gasteiger partial charge is 0.241 e. The number of carbonyl (C=O) groups is 1. The molecule has 1 aliphatic carbocycles. The molecule has 2 rings (SSSR count). The molecular formula is C21H31N3OS. The first-order valence-corrected chi connectivity index (χ1v) is 10.6. The second-order valence-electron chi connectivity index (χ2n) is 7.26. The van der Waals surface area contributed by atoms with Gasteiger partial charge in [0.05, 0.1) is 19.0 Å². The van der Waals surface area contributed by atoms with Crippen LogP contribution in [0.15, 0.2) is 18.2 Å². The van der Waals surface area contributed by atoms with Crippen LogP contribution in [-0.4, -0.2) is 48.0 Å². The minimum Gasteiger partial charge on any atom is -0.310 e. The quantitative estimate of drug-likeness (QED) is 0.686. The lowest BCUT2D eigenvalue weighted by Crippen LogP contribution is -2.42. The Kier molecular flexibility index (Phi) is 7.99. The van der Waals surface area contributed by atoms with Crippen molar-refractivity contribution in [1.82, 2.24) is 4.90 Å². The zero-order valence-corrected chi connectivity index (χ0v) is 17.3. The van der Waals surface area contributed by atoms with Gasteiger partial charge in [0.25, 0.3) is 0 Å². The molecule has 1 aromatic rings. The van der Waals surface area contributed by atoms with Gasteiger partial charge in [0, 0.05) is 23.5 Å². The van der Waals surface area contributed by atoms with Gasteiger partial charge in [-0.05, 0) is 69.2 Å². The second-order valence-corrected chi connectivity index (χ2v) is 8.84. The number of thioether (sulfide) groups is 1. The molecule has 5 heteroatoms. The van der Waals surface area contributed by atoms with Gasteiger partial charge >= 0.3 is 0 Å². The molecule has 0 N–H and O–H groups in total. The summed E-state index contributed by atoms with van der Waals surface area (Å²) in [6, 6.07) is 8.83. The predicted octanol–water partition coefficient (Wildman–Crippen LogP) is 4.16. The number of likely N-dealkylation sites (N-methyl/N-ethyl adjacent to an activating group) is 1. The van der Waals surface area contributed by atoms with E-state index in [4.69, 9.17) is 5.26 Å². The van der Waals surface area contributed by atoms with Gasteiger partial charge in [-0.1, -0.05) is 13.0 Å². The van der Waals surface area contributed by atoms with Gasteiger partial charge in [0.15, 0.2) is 0 Å². The van der Waals surface area contributed by atoms with Crippen molar-refractivity contribution in [3.8, 4) is 6.07 Å². The highest BCUT2D eigenvalue weighted by Gasteiger charge is 2.29. The lowest BCUT2D eigenvalue weighted by Gasteiger charge is -2.28. The van der Waals surface area contributed by atoms with E-state index in [2.05, 4.69) is 31.0 Å². The number of nitrogens with zero attached hydrogens (tertiary/aromatic N) is 3. The number of hydrogen-bond donors (Lipinski definition) is 0. The summed E-state index contributed by atoms with van der Waals surface area (Å²) >= 11 is 2.04. The minimum atomic E-state index is 0.0827. The number of aryl methyl sites for hydroxylation is 2. The highest BCUT2D eigenvalue weighted by molar-refractivity contribution is 7.99. The lowest BCUT2D eigenvalue weighted by molar-refractivity contribution is -0.119. The summed E-state index contributed by atoms with van der Waals surface area (Å²) in [5.41, 5.74) is 3.18. The summed E-state index contributed by atoms with van der Waals surface area (Å²) in [5.74, 6) is 1.24. The van der Waals surface area contributed by atoms with Crippen molar-refractivity contribution in [3.63, 3.8) is 0 Å². The third-order valence-electron chi connectivity index (χ3n) is 5.03. The molecule has 0 spiro atoms. The number of amides is 1. The number of hydrogen-bond acceptors (Lipinski definition) is 4. The molecule has 1 aliphatic rings. The molecule has 1 fully saturated rings. The average molecular weight is 374 g/mol. The maximum atomic E-state index is 13.0. The average Bonchev–Trinajstić information content (AvgIpc) is 3.03. The van der Waals surface area contributed by atoms with E-state index < -0.39 is 0 Å². The first kappa shape index (κ1) is 20.8. The Morgan fingerprint density at radius 2 is 1.96 bits per heavy atom. The Balaban J connectivity index is 2.05. The van der Waals surface area contributed by atoms with Gasteiger partial charge in [0.2, 0.25) is 5.91 Å². The standard InChI is InChI=1S/C21H31N3OS/c1-5-26-20-8-7-18(14-20)23(4)15-21(25)24(10-6-9-22)19-12-16(2)11-17(3)13-19/h11-13,18,20H,5-8,10,14-15H2,1-4H3. The summed E-state index contributed by atoms with van der Waals surface area (Å²) < 4.78 is 0. The highest BCUT2D eigenvalue weighted by atomic mass is 32.2. The topological polar surface area (TPSA) is 47.3 Å². The third-order valence-corrected chi connectivity index (χ3v) is 6.27. The van der Waals surface area contributed by atoms with Crippen LogP contribution in [0, 0.1) is 25.2 Å². The number of rotatable bonds is 8. The van der Waals surface area contributed by atoms with Crippen LogP contribution >= 0.6 is 11.8 Å². The normalized spacial score (nSPS) is 19.5. The van der Waals surface area contributed by atoms with Gasteiger partial charge < -0.3 is 4.90 Å². The van der Waals surface area contributed by atoms with Crippen LogP contribution in [0.3, 0.4) is 0 Å². The maximum Gasteiger partial charge on any atom is 0.241 e. The maximum absolute atomic E-state index is 13.0. The SMILES string of the molecule is CCSC1CCC(N(C)CC(=O)N(CCC#N)c2cc(C)cc(C)c2)C1. The zero-order valence-electron chi connectivity index (χ0n) is 16.5. The minimum absolute atomic E-state index is 0.0827. The molecule has 0 aromatic heterocycles. The summed E-state index contributed by atoms with van der Waals surface area (Å²) in [7, 11) is 2.06. The summed E-state index contributed by atoms with van der Waals surface area (Å²) in [4.78, 5) is 17.0. The van der Waals surface area contributed by atoms with E-state index in [0.717, 1.165) is 27.8 Å². The number of benzene rings is 1. The van der Waals surface area contributed by atoms with Crippen molar-refractivity contribution >= 4 is 23.4 Å². The molecule has 1 saturated carbocycles. The van der Waals surface area contributed by atoms with Crippen LogP contribution in [0.1, 0.15) is 43.7 Å². The Morgan fingerprint density at radius 3 is 2.58 bits per heavy atom. The molecule has 0 saturated heterocycles. The number of anilines is 1. The van der Waals surface area contributed by atoms with Crippen LogP contribution in [0.2, 0.25) is 0 Å². The van der Waals surface area contributed by atoms with Crippen LogP contribution in [0.25, 0.3) is 0 Å². The molecule has 142 valence electrons. The van der Waals surface area contributed by atoms with E-state index in [1.807, 2.05) is 37.7 Å². The van der Waals surface area contributed by atoms with Crippen molar-refractivity contribution in [2.75, 3.05) is 30.8 Å². The molecule has 4 nitrogen and oxygen atoms in total. The van der Waals surface area contributed by atoms with Gasteiger partial charge in [0.1, 0.15) is 0 Å². The highest BCUT2D eigenvalue weighted by Crippen LogP contribution is 2.32. The largest absolute Gasteiger partial charge is 0.310 e. The number of nitriles is 1. The third kappa shape index (κ3) is 5.75. The molecule has 0 bridgehead atoms. The van der Waals surface area contributed by atoms with Crippen LogP contribution in [0.4, 0.5) is 5.69 Å². The molecule has 2 unspecified atom stereocenters. The summed E-state index contributed by atoms with van der Waals surface area (Å²) in [6.07, 6.45) is 3.94. The second kappa shape index (κ2) is 9.99. The van der Waals surface area contributed by atoms with Gasteiger partial charge in [-0.3, -0.25) is 9.69 Å². The van der Waals surface area contributed by atoms with Crippen molar-refractivity contribution in [3.05, 3.63) is 29.3 Å². The van der Waals surface area contributed by atoms with Crippen molar-refractivity contribution < 1.29 is 4.79 Å². The monoisotopic (exact) mass is 373 g/mol. The van der Waals surface area contributed by atoms with Crippen LogP contribution < -0.4 is 4.90 Å². The van der Waals surface area contributed by atoms with Crippen LogP contribution in [0.5, 0.6) is 0 Å². The Hall–Kier alpha value is -1.51. The van der Waals surface area contributed by atoms with E-state index in [1.165, 1.54) is 19.3 Å². The Morgan fingerprint density at radius 1 is 1.27 bits per heavy atom. The molecule has 2 atom stereocenters. The van der Waals surface area contributed by atoms with Crippen molar-refractivity contribution in [2.24, 2.45) is 0 Å².